The Labute approximate surface area is 106 Å². The molecule has 1 fully saturated rings. The first-order valence-electron chi connectivity index (χ1n) is 5.78. The molecule has 1 amide bonds. The number of aryl methyl sites for hydroxylation is 1. The van der Waals surface area contributed by atoms with Crippen molar-refractivity contribution < 1.29 is 9.53 Å². The third-order valence-electron chi connectivity index (χ3n) is 2.94. The number of amides is 1. The summed E-state index contributed by atoms with van der Waals surface area (Å²) in [6.45, 7) is 3.08. The van der Waals surface area contributed by atoms with Gasteiger partial charge in [0.15, 0.2) is 6.10 Å². The summed E-state index contributed by atoms with van der Waals surface area (Å²) in [5, 5.41) is 8.82. The maximum Gasteiger partial charge on any atom is 0.256 e. The lowest BCUT2D eigenvalue weighted by Crippen LogP contribution is -2.45. The monoisotopic (exact) mass is 245 g/mol. The van der Waals surface area contributed by atoms with Gasteiger partial charge in [0.2, 0.25) is 0 Å². The summed E-state index contributed by atoms with van der Waals surface area (Å²) >= 11 is 0. The highest BCUT2D eigenvalue weighted by Crippen LogP contribution is 2.17. The fourth-order valence-corrected chi connectivity index (χ4v) is 1.94. The van der Waals surface area contributed by atoms with Gasteiger partial charge in [0.25, 0.3) is 5.91 Å². The van der Waals surface area contributed by atoms with E-state index in [4.69, 9.17) is 15.7 Å². The van der Waals surface area contributed by atoms with Crippen LogP contribution >= 0.6 is 0 Å². The topological polar surface area (TPSA) is 79.3 Å². The van der Waals surface area contributed by atoms with Gasteiger partial charge in [-0.15, -0.1) is 0 Å². The molecule has 0 aliphatic carbocycles. The first-order valence-corrected chi connectivity index (χ1v) is 5.78. The van der Waals surface area contributed by atoms with Crippen molar-refractivity contribution in [2.75, 3.05) is 25.4 Å². The molecule has 0 radical (unpaired) electrons. The van der Waals surface area contributed by atoms with Crippen molar-refractivity contribution in [3.63, 3.8) is 0 Å². The Morgan fingerprint density at radius 3 is 3.11 bits per heavy atom. The molecule has 1 aromatic carbocycles. The largest absolute Gasteiger partial charge is 0.398 e. The molecule has 0 aromatic heterocycles. The molecule has 5 heteroatoms. The minimum absolute atomic E-state index is 0.139. The zero-order valence-electron chi connectivity index (χ0n) is 10.2. The summed E-state index contributed by atoms with van der Waals surface area (Å²) in [6, 6.07) is 7.38. The van der Waals surface area contributed by atoms with Crippen LogP contribution in [0.3, 0.4) is 0 Å². The molecule has 2 rings (SSSR count). The number of nitriles is 1. The van der Waals surface area contributed by atoms with Crippen LogP contribution < -0.4 is 5.73 Å². The molecule has 1 aromatic rings. The van der Waals surface area contributed by atoms with E-state index >= 15 is 0 Å². The average Bonchev–Trinajstić information content (AvgIpc) is 2.41. The number of nitrogens with zero attached hydrogens (tertiary/aromatic N) is 2. The van der Waals surface area contributed by atoms with Crippen molar-refractivity contribution in [1.82, 2.24) is 4.90 Å². The first-order chi connectivity index (χ1) is 8.61. The molecule has 2 N–H and O–H groups in total. The summed E-state index contributed by atoms with van der Waals surface area (Å²) in [5.74, 6) is -0.139. The van der Waals surface area contributed by atoms with Gasteiger partial charge in [-0.2, -0.15) is 5.26 Å². The van der Waals surface area contributed by atoms with E-state index < -0.39 is 6.10 Å². The molecule has 1 heterocycles. The zero-order valence-corrected chi connectivity index (χ0v) is 10.2. The number of ether oxygens (including phenoxy) is 1. The molecule has 18 heavy (non-hydrogen) atoms. The maximum atomic E-state index is 12.3. The second-order valence-corrected chi connectivity index (χ2v) is 4.33. The van der Waals surface area contributed by atoms with Crippen molar-refractivity contribution in [3.8, 4) is 6.07 Å². The number of morpholine rings is 1. The fourth-order valence-electron chi connectivity index (χ4n) is 1.94. The minimum atomic E-state index is -0.547. The number of carbonyl (C=O) groups excluding carboxylic acids is 1. The molecule has 1 atom stereocenters. The van der Waals surface area contributed by atoms with Gasteiger partial charge in [-0.25, -0.2) is 0 Å². The molecule has 5 nitrogen and oxygen atoms in total. The summed E-state index contributed by atoms with van der Waals surface area (Å²) in [5.41, 5.74) is 7.76. The van der Waals surface area contributed by atoms with Crippen LogP contribution in [0.15, 0.2) is 18.2 Å². The normalized spacial score (nSPS) is 19.3. The van der Waals surface area contributed by atoms with E-state index in [0.717, 1.165) is 5.56 Å². The molecular formula is C13H15N3O2. The number of anilines is 1. The number of nitrogens with two attached hydrogens (primary N) is 1. The van der Waals surface area contributed by atoms with Crippen molar-refractivity contribution in [2.24, 2.45) is 0 Å². The quantitative estimate of drug-likeness (QED) is 0.747. The predicted octanol–water partition coefficient (Wildman–Crippen LogP) is 0.942. The van der Waals surface area contributed by atoms with Gasteiger partial charge in [0, 0.05) is 12.2 Å². The van der Waals surface area contributed by atoms with Gasteiger partial charge in [-0.1, -0.05) is 11.6 Å². The molecule has 0 saturated carbocycles. The van der Waals surface area contributed by atoms with Gasteiger partial charge in [-0.05, 0) is 19.1 Å². The smallest absolute Gasteiger partial charge is 0.256 e. The number of rotatable bonds is 1. The average molecular weight is 245 g/mol. The number of carbonyl (C=O) groups is 1. The lowest BCUT2D eigenvalue weighted by atomic mass is 10.1. The minimum Gasteiger partial charge on any atom is -0.398 e. The Bertz CT molecular complexity index is 507. The van der Waals surface area contributed by atoms with Crippen molar-refractivity contribution >= 4 is 11.6 Å². The van der Waals surface area contributed by atoms with Crippen LogP contribution in [0, 0.1) is 18.3 Å². The Kier molecular flexibility index (Phi) is 3.49. The number of hydrogen-bond acceptors (Lipinski definition) is 4. The van der Waals surface area contributed by atoms with Gasteiger partial charge in [0.1, 0.15) is 0 Å². The lowest BCUT2D eigenvalue weighted by molar-refractivity contribution is 0.00351. The molecule has 1 aliphatic rings. The van der Waals surface area contributed by atoms with Crippen molar-refractivity contribution in [3.05, 3.63) is 29.3 Å². The van der Waals surface area contributed by atoms with Crippen LogP contribution in [0.25, 0.3) is 0 Å². The van der Waals surface area contributed by atoms with Gasteiger partial charge < -0.3 is 15.4 Å². The first kappa shape index (κ1) is 12.4. The van der Waals surface area contributed by atoms with Crippen LogP contribution in [-0.4, -0.2) is 36.6 Å². The maximum absolute atomic E-state index is 12.3. The van der Waals surface area contributed by atoms with Gasteiger partial charge in [-0.3, -0.25) is 4.79 Å². The molecule has 0 spiro atoms. The predicted molar refractivity (Wildman–Crippen MR) is 66.8 cm³/mol. The Hall–Kier alpha value is -2.06. The number of hydrogen-bond donors (Lipinski definition) is 1. The third-order valence-corrected chi connectivity index (χ3v) is 2.94. The Balaban J connectivity index is 2.21. The molecule has 1 aliphatic heterocycles. The third kappa shape index (κ3) is 2.44. The van der Waals surface area contributed by atoms with Crippen LogP contribution in [0.1, 0.15) is 15.9 Å². The van der Waals surface area contributed by atoms with E-state index in [0.29, 0.717) is 30.9 Å². The van der Waals surface area contributed by atoms with E-state index in [-0.39, 0.29) is 5.91 Å². The highest BCUT2D eigenvalue weighted by Gasteiger charge is 2.25. The molecule has 1 saturated heterocycles. The molecular weight excluding hydrogens is 230 g/mol. The highest BCUT2D eigenvalue weighted by molar-refractivity contribution is 5.99. The zero-order chi connectivity index (χ0) is 13.1. The lowest BCUT2D eigenvalue weighted by Gasteiger charge is -2.30. The van der Waals surface area contributed by atoms with Crippen molar-refractivity contribution in [1.29, 1.82) is 5.26 Å². The molecule has 0 bridgehead atoms. The van der Waals surface area contributed by atoms with E-state index in [9.17, 15) is 4.79 Å². The van der Waals surface area contributed by atoms with Crippen LogP contribution in [0.4, 0.5) is 5.69 Å². The molecule has 94 valence electrons. The second-order valence-electron chi connectivity index (χ2n) is 4.33. The highest BCUT2D eigenvalue weighted by atomic mass is 16.5. The van der Waals surface area contributed by atoms with Crippen LogP contribution in [-0.2, 0) is 4.74 Å². The Morgan fingerprint density at radius 2 is 2.39 bits per heavy atom. The number of nitrogen functional groups attached to an aromatic ring is 1. The van der Waals surface area contributed by atoms with E-state index in [1.807, 2.05) is 19.1 Å². The molecule has 1 unspecified atom stereocenters. The van der Waals surface area contributed by atoms with E-state index in [1.165, 1.54) is 0 Å². The summed E-state index contributed by atoms with van der Waals surface area (Å²) in [4.78, 5) is 13.9. The van der Waals surface area contributed by atoms with Crippen LogP contribution in [0.5, 0.6) is 0 Å². The summed E-state index contributed by atoms with van der Waals surface area (Å²) < 4.78 is 5.21. The van der Waals surface area contributed by atoms with Crippen LogP contribution in [0.2, 0.25) is 0 Å². The summed E-state index contributed by atoms with van der Waals surface area (Å²) in [7, 11) is 0. The summed E-state index contributed by atoms with van der Waals surface area (Å²) in [6.07, 6.45) is -0.547. The van der Waals surface area contributed by atoms with Gasteiger partial charge in [0.05, 0.1) is 24.8 Å². The number of benzene rings is 1. The van der Waals surface area contributed by atoms with E-state index in [1.54, 1.807) is 17.0 Å². The Morgan fingerprint density at radius 1 is 1.61 bits per heavy atom. The SMILES string of the molecule is Cc1ccc(N)c(C(=O)N2CCOC(C#N)C2)c1. The second kappa shape index (κ2) is 5.07. The fraction of sp³-hybridized carbons (Fsp3) is 0.385. The van der Waals surface area contributed by atoms with E-state index in [2.05, 4.69) is 0 Å². The van der Waals surface area contributed by atoms with Gasteiger partial charge >= 0.3 is 0 Å². The van der Waals surface area contributed by atoms with Crippen molar-refractivity contribution in [2.45, 2.75) is 13.0 Å². The standard InChI is InChI=1S/C13H15N3O2/c1-9-2-3-12(15)11(6-9)13(17)16-4-5-18-10(7-14)8-16/h2-3,6,10H,4-5,8,15H2,1H3.